The van der Waals surface area contributed by atoms with Gasteiger partial charge >= 0.3 is 0 Å². The van der Waals surface area contributed by atoms with Gasteiger partial charge in [-0.05, 0) is 71.1 Å². The SMILES string of the molecule is CC=C[SiH](CN(CCC)CCC)CN(CCC)CCC. The molecule has 0 aromatic carbocycles. The van der Waals surface area contributed by atoms with Crippen LogP contribution in [-0.4, -0.2) is 57.1 Å². The van der Waals surface area contributed by atoms with Gasteiger partial charge in [-0.3, -0.25) is 0 Å². The largest absolute Gasteiger partial charge is 0.306 e. The van der Waals surface area contributed by atoms with Gasteiger partial charge in [0.25, 0.3) is 0 Å². The molecule has 0 aliphatic heterocycles. The first-order chi connectivity index (χ1) is 9.71. The van der Waals surface area contributed by atoms with Gasteiger partial charge in [0.05, 0.1) is 8.80 Å². The van der Waals surface area contributed by atoms with E-state index in [1.165, 1.54) is 64.2 Å². The van der Waals surface area contributed by atoms with Crippen LogP contribution in [0.25, 0.3) is 0 Å². The first-order valence-corrected chi connectivity index (χ1v) is 11.1. The Hall–Kier alpha value is -0.123. The Morgan fingerprint density at radius 2 is 1.05 bits per heavy atom. The quantitative estimate of drug-likeness (QED) is 0.479. The third kappa shape index (κ3) is 9.73. The van der Waals surface area contributed by atoms with Gasteiger partial charge in [-0.15, -0.1) is 0 Å². The summed E-state index contributed by atoms with van der Waals surface area (Å²) in [4.78, 5) is 5.40. The predicted octanol–water partition coefficient (Wildman–Crippen LogP) is 3.65. The van der Waals surface area contributed by atoms with Crippen LogP contribution in [0.15, 0.2) is 11.8 Å². The van der Waals surface area contributed by atoms with Crippen LogP contribution < -0.4 is 0 Å². The van der Waals surface area contributed by atoms with Crippen LogP contribution in [0.4, 0.5) is 0 Å². The third-order valence-corrected chi connectivity index (χ3v) is 6.51. The van der Waals surface area contributed by atoms with Gasteiger partial charge < -0.3 is 9.80 Å². The summed E-state index contributed by atoms with van der Waals surface area (Å²) in [7, 11) is -0.805. The number of rotatable bonds is 13. The Morgan fingerprint density at radius 3 is 1.30 bits per heavy atom. The summed E-state index contributed by atoms with van der Waals surface area (Å²) in [6.07, 6.45) is 10.1. The molecule has 0 aliphatic rings. The van der Waals surface area contributed by atoms with E-state index in [0.29, 0.717) is 0 Å². The molecule has 0 fully saturated rings. The van der Waals surface area contributed by atoms with Gasteiger partial charge in [0.1, 0.15) is 0 Å². The molecule has 0 unspecified atom stereocenters. The van der Waals surface area contributed by atoms with Crippen LogP contribution in [0, 0.1) is 0 Å². The molecule has 0 spiro atoms. The van der Waals surface area contributed by atoms with Crippen LogP contribution in [0.3, 0.4) is 0 Å². The van der Waals surface area contributed by atoms with E-state index in [1.54, 1.807) is 0 Å². The number of hydrogen-bond donors (Lipinski definition) is 0. The van der Waals surface area contributed by atoms with Crippen molar-refractivity contribution >= 4 is 8.80 Å². The number of hydrogen-bond acceptors (Lipinski definition) is 2. The summed E-state index contributed by atoms with van der Waals surface area (Å²) in [6.45, 7) is 16.5. The molecule has 0 aromatic rings. The molecule has 0 heterocycles. The van der Waals surface area contributed by atoms with Crippen molar-refractivity contribution in [2.45, 2.75) is 60.3 Å². The van der Waals surface area contributed by atoms with E-state index >= 15 is 0 Å². The minimum Gasteiger partial charge on any atom is -0.306 e. The maximum atomic E-state index is 2.70. The van der Waals surface area contributed by atoms with Crippen molar-refractivity contribution in [1.29, 1.82) is 0 Å². The number of nitrogens with zero attached hydrogens (tertiary/aromatic N) is 2. The van der Waals surface area contributed by atoms with Crippen LogP contribution >= 0.6 is 0 Å². The van der Waals surface area contributed by atoms with Crippen molar-refractivity contribution in [3.8, 4) is 0 Å². The van der Waals surface area contributed by atoms with Crippen LogP contribution in [-0.2, 0) is 0 Å². The highest BCUT2D eigenvalue weighted by Gasteiger charge is 2.15. The van der Waals surface area contributed by atoms with Gasteiger partial charge in [-0.1, -0.05) is 39.5 Å². The average Bonchev–Trinajstić information content (AvgIpc) is 2.40. The lowest BCUT2D eigenvalue weighted by atomic mass is 10.4. The second-order valence-corrected chi connectivity index (χ2v) is 8.52. The fourth-order valence-electron chi connectivity index (χ4n) is 2.97. The summed E-state index contributed by atoms with van der Waals surface area (Å²) >= 11 is 0. The van der Waals surface area contributed by atoms with Crippen molar-refractivity contribution in [1.82, 2.24) is 9.80 Å². The second kappa shape index (κ2) is 13.8. The Balaban J connectivity index is 4.50. The molecule has 3 heteroatoms. The van der Waals surface area contributed by atoms with E-state index in [9.17, 15) is 0 Å². The van der Waals surface area contributed by atoms with Crippen LogP contribution in [0.2, 0.25) is 0 Å². The zero-order chi connectivity index (χ0) is 15.2. The predicted molar refractivity (Wildman–Crippen MR) is 96.0 cm³/mol. The monoisotopic (exact) mass is 298 g/mol. The molecule has 0 aromatic heterocycles. The summed E-state index contributed by atoms with van der Waals surface area (Å²) in [5.74, 6) is 0. The molecular weight excluding hydrogens is 260 g/mol. The van der Waals surface area contributed by atoms with Crippen molar-refractivity contribution in [2.24, 2.45) is 0 Å². The Kier molecular flexibility index (Phi) is 13.8. The lowest BCUT2D eigenvalue weighted by molar-refractivity contribution is 0.297. The molecule has 0 radical (unpaired) electrons. The van der Waals surface area contributed by atoms with E-state index in [0.717, 1.165) is 0 Å². The molecular formula is C17H38N2Si. The molecule has 0 amide bonds. The standard InChI is InChI=1S/C17H38N2Si/c1-6-11-18(12-7-2)16-20(15-10-5)17-19(13-8-3)14-9-4/h10,15,20H,6-9,11-14,16-17H2,1-5H3. The van der Waals surface area contributed by atoms with Crippen molar-refractivity contribution in [2.75, 3.05) is 38.5 Å². The van der Waals surface area contributed by atoms with Gasteiger partial charge in [-0.25, -0.2) is 0 Å². The van der Waals surface area contributed by atoms with E-state index < -0.39 is 8.80 Å². The minimum absolute atomic E-state index is 0.805. The Bertz CT molecular complexity index is 201. The zero-order valence-corrected chi connectivity index (χ0v) is 15.9. The summed E-state index contributed by atoms with van der Waals surface area (Å²) < 4.78 is 0. The number of allylic oxidation sites excluding steroid dienone is 1. The summed E-state index contributed by atoms with van der Waals surface area (Å²) in [5.41, 5.74) is 2.55. The van der Waals surface area contributed by atoms with E-state index in [1.807, 2.05) is 0 Å². The zero-order valence-electron chi connectivity index (χ0n) is 14.7. The van der Waals surface area contributed by atoms with Crippen LogP contribution in [0.1, 0.15) is 60.3 Å². The molecule has 0 rings (SSSR count). The van der Waals surface area contributed by atoms with Gasteiger partial charge in [0.15, 0.2) is 0 Å². The van der Waals surface area contributed by atoms with Crippen LogP contribution in [0.5, 0.6) is 0 Å². The average molecular weight is 299 g/mol. The van der Waals surface area contributed by atoms with Gasteiger partial charge in [0.2, 0.25) is 0 Å². The first-order valence-electron chi connectivity index (χ1n) is 8.79. The molecule has 0 saturated heterocycles. The maximum Gasteiger partial charge on any atom is 0.0907 e. The van der Waals surface area contributed by atoms with E-state index in [4.69, 9.17) is 0 Å². The van der Waals surface area contributed by atoms with Gasteiger partial charge in [-0.2, -0.15) is 0 Å². The molecule has 120 valence electrons. The highest BCUT2D eigenvalue weighted by atomic mass is 28.3. The van der Waals surface area contributed by atoms with E-state index in [-0.39, 0.29) is 0 Å². The molecule has 0 bridgehead atoms. The fraction of sp³-hybridized carbons (Fsp3) is 0.882. The lowest BCUT2D eigenvalue weighted by Crippen LogP contribution is -2.44. The molecule has 20 heavy (non-hydrogen) atoms. The maximum absolute atomic E-state index is 2.70. The molecule has 0 saturated carbocycles. The lowest BCUT2D eigenvalue weighted by Gasteiger charge is -2.29. The highest BCUT2D eigenvalue weighted by molar-refractivity contribution is 6.64. The summed E-state index contributed by atoms with van der Waals surface area (Å²) in [6, 6.07) is 0. The fourth-order valence-corrected chi connectivity index (χ4v) is 5.93. The topological polar surface area (TPSA) is 6.48 Å². The highest BCUT2D eigenvalue weighted by Crippen LogP contribution is 2.02. The second-order valence-electron chi connectivity index (χ2n) is 5.89. The van der Waals surface area contributed by atoms with Crippen molar-refractivity contribution in [3.05, 3.63) is 11.8 Å². The minimum atomic E-state index is -0.805. The Morgan fingerprint density at radius 1 is 0.700 bits per heavy atom. The molecule has 2 nitrogen and oxygen atoms in total. The molecule has 0 N–H and O–H groups in total. The normalized spacial score (nSPS) is 12.4. The Labute approximate surface area is 129 Å². The summed E-state index contributed by atoms with van der Waals surface area (Å²) in [5, 5.41) is 0. The van der Waals surface area contributed by atoms with Crippen molar-refractivity contribution < 1.29 is 0 Å². The smallest absolute Gasteiger partial charge is 0.0907 e. The third-order valence-electron chi connectivity index (χ3n) is 3.61. The van der Waals surface area contributed by atoms with E-state index in [2.05, 4.69) is 56.2 Å². The molecule has 0 aliphatic carbocycles. The first kappa shape index (κ1) is 19.9. The van der Waals surface area contributed by atoms with Crippen molar-refractivity contribution in [3.63, 3.8) is 0 Å². The molecule has 0 atom stereocenters. The van der Waals surface area contributed by atoms with Gasteiger partial charge in [0, 0.05) is 0 Å².